The largest absolute Gasteiger partial charge is 0.497 e. The van der Waals surface area contributed by atoms with Crippen LogP contribution in [0.5, 0.6) is 11.5 Å². The standard InChI is InChI=1S/C43H48N6O7Si/c1-42(2,3)57(6,7)56-37-34(55-41(36(37)50)49-39-35(47-48-49)38(44-27-45-39)46-40(51)28-14-10-8-11-15-28)26-54-43(29-16-12-9-13-17-29,30-18-22-32(52-4)23-19-30)31-20-24-33(53-5)25-21-31/h8-25,27,34,36-37,41,50H,26H2,1-7H3,(H,44,45,46,51)/t34-,36-,37-,41-/m1/s1. The third kappa shape index (κ3) is 7.78. The zero-order valence-electron chi connectivity index (χ0n) is 33.1. The van der Waals surface area contributed by atoms with Crippen molar-refractivity contribution in [3.63, 3.8) is 0 Å². The highest BCUT2D eigenvalue weighted by atomic mass is 28.4. The Bertz CT molecular complexity index is 2240. The number of aromatic nitrogens is 5. The predicted molar refractivity (Wildman–Crippen MR) is 218 cm³/mol. The first kappa shape index (κ1) is 39.7. The minimum Gasteiger partial charge on any atom is -0.497 e. The van der Waals surface area contributed by atoms with Crippen molar-refractivity contribution >= 4 is 31.2 Å². The van der Waals surface area contributed by atoms with Crippen LogP contribution in [0, 0.1) is 0 Å². The van der Waals surface area contributed by atoms with E-state index in [2.05, 4.69) is 59.5 Å². The highest BCUT2D eigenvalue weighted by molar-refractivity contribution is 6.74. The normalized spacial score (nSPS) is 18.7. The van der Waals surface area contributed by atoms with Gasteiger partial charge in [-0.1, -0.05) is 98.8 Å². The van der Waals surface area contributed by atoms with Crippen LogP contribution in [0.3, 0.4) is 0 Å². The average molecular weight is 789 g/mol. The number of nitrogens with zero attached hydrogens (tertiary/aromatic N) is 5. The number of hydrogen-bond donors (Lipinski definition) is 2. The number of aliphatic hydroxyl groups excluding tert-OH is 1. The molecule has 2 aromatic heterocycles. The van der Waals surface area contributed by atoms with Gasteiger partial charge in [-0.05, 0) is 71.2 Å². The lowest BCUT2D eigenvalue weighted by molar-refractivity contribution is -0.0959. The molecule has 14 heteroatoms. The van der Waals surface area contributed by atoms with Gasteiger partial charge in [-0.3, -0.25) is 4.79 Å². The first-order chi connectivity index (χ1) is 27.4. The number of methoxy groups -OCH3 is 2. The molecule has 296 valence electrons. The maximum absolute atomic E-state index is 13.1. The van der Waals surface area contributed by atoms with Crippen LogP contribution in [0.1, 0.15) is 54.0 Å². The Kier molecular flexibility index (Phi) is 11.3. The first-order valence-corrected chi connectivity index (χ1v) is 21.7. The van der Waals surface area contributed by atoms with Gasteiger partial charge in [-0.25, -0.2) is 9.97 Å². The van der Waals surface area contributed by atoms with E-state index in [1.54, 1.807) is 38.5 Å². The van der Waals surface area contributed by atoms with Crippen molar-refractivity contribution in [1.29, 1.82) is 0 Å². The summed E-state index contributed by atoms with van der Waals surface area (Å²) in [6, 6.07) is 34.3. The van der Waals surface area contributed by atoms with Crippen molar-refractivity contribution in [3.8, 4) is 11.5 Å². The topological polar surface area (TPSA) is 152 Å². The summed E-state index contributed by atoms with van der Waals surface area (Å²) < 4.78 is 33.5. The van der Waals surface area contributed by atoms with E-state index in [1.807, 2.05) is 84.9 Å². The molecule has 2 N–H and O–H groups in total. The number of hydrogen-bond acceptors (Lipinski definition) is 11. The zero-order valence-corrected chi connectivity index (χ0v) is 34.1. The van der Waals surface area contributed by atoms with Gasteiger partial charge in [0.15, 0.2) is 31.5 Å². The Morgan fingerprint density at radius 2 is 1.39 bits per heavy atom. The molecule has 0 saturated carbocycles. The quantitative estimate of drug-likeness (QED) is 0.0907. The van der Waals surface area contributed by atoms with Crippen molar-refractivity contribution < 1.29 is 33.3 Å². The summed E-state index contributed by atoms with van der Waals surface area (Å²) in [5.74, 6) is 1.22. The lowest BCUT2D eigenvalue weighted by atomic mass is 9.80. The minimum absolute atomic E-state index is 0.000199. The van der Waals surface area contributed by atoms with E-state index < -0.39 is 38.5 Å². The molecule has 0 bridgehead atoms. The second kappa shape index (κ2) is 16.2. The molecule has 1 amide bonds. The molecule has 0 unspecified atom stereocenters. The second-order valence-electron chi connectivity index (χ2n) is 15.5. The highest BCUT2D eigenvalue weighted by Crippen LogP contribution is 2.45. The van der Waals surface area contributed by atoms with E-state index in [1.165, 1.54) is 11.0 Å². The summed E-state index contributed by atoms with van der Waals surface area (Å²) in [5.41, 5.74) is 2.38. The van der Waals surface area contributed by atoms with E-state index in [0.717, 1.165) is 16.7 Å². The average Bonchev–Trinajstić information content (AvgIpc) is 3.79. The molecule has 13 nitrogen and oxygen atoms in total. The number of anilines is 1. The fraction of sp³-hybridized carbons (Fsp3) is 0.326. The van der Waals surface area contributed by atoms with Crippen molar-refractivity contribution in [2.45, 2.75) is 69.0 Å². The van der Waals surface area contributed by atoms with Crippen molar-refractivity contribution in [2.24, 2.45) is 0 Å². The molecule has 0 aliphatic carbocycles. The van der Waals surface area contributed by atoms with Crippen LogP contribution in [0.25, 0.3) is 11.2 Å². The van der Waals surface area contributed by atoms with E-state index >= 15 is 0 Å². The Morgan fingerprint density at radius 1 is 0.825 bits per heavy atom. The molecule has 1 aliphatic rings. The maximum atomic E-state index is 13.1. The van der Waals surface area contributed by atoms with E-state index in [-0.39, 0.29) is 34.5 Å². The van der Waals surface area contributed by atoms with Gasteiger partial charge in [0.1, 0.15) is 41.7 Å². The SMILES string of the molecule is COc1ccc(C(OC[C@H]2O[C@@H](n3nnc4c(NC(=O)c5ccccc5)ncnc43)[C@H](O)[C@@H]2O[Si](C)(C)C(C)(C)C)(c2ccccc2)c2ccc(OC)cc2)cc1. The van der Waals surface area contributed by atoms with Gasteiger partial charge < -0.3 is 33.8 Å². The summed E-state index contributed by atoms with van der Waals surface area (Å²) in [7, 11) is 0.753. The van der Waals surface area contributed by atoms with Gasteiger partial charge in [-0.2, -0.15) is 4.68 Å². The van der Waals surface area contributed by atoms with Gasteiger partial charge in [0.25, 0.3) is 5.91 Å². The first-order valence-electron chi connectivity index (χ1n) is 18.8. The second-order valence-corrected chi connectivity index (χ2v) is 20.2. The molecule has 0 radical (unpaired) electrons. The molecule has 1 saturated heterocycles. The zero-order chi connectivity index (χ0) is 40.4. The van der Waals surface area contributed by atoms with E-state index in [9.17, 15) is 9.90 Å². The monoisotopic (exact) mass is 788 g/mol. The smallest absolute Gasteiger partial charge is 0.256 e. The Hall–Kier alpha value is -5.51. The number of carbonyl (C=O) groups excluding carboxylic acids is 1. The van der Waals surface area contributed by atoms with Gasteiger partial charge in [-0.15, -0.1) is 5.10 Å². The number of benzene rings is 4. The van der Waals surface area contributed by atoms with E-state index in [4.69, 9.17) is 23.4 Å². The highest BCUT2D eigenvalue weighted by Gasteiger charge is 2.52. The van der Waals surface area contributed by atoms with Crippen LogP contribution in [0.2, 0.25) is 18.1 Å². The fourth-order valence-corrected chi connectivity index (χ4v) is 8.12. The number of amides is 1. The molecule has 6 aromatic rings. The molecule has 1 fully saturated rings. The summed E-state index contributed by atoms with van der Waals surface area (Å²) in [6.45, 7) is 10.7. The summed E-state index contributed by atoms with van der Waals surface area (Å²) in [4.78, 5) is 21.8. The number of carbonyl (C=O) groups is 1. The van der Waals surface area contributed by atoms with Crippen LogP contribution in [0.4, 0.5) is 5.82 Å². The Balaban J connectivity index is 1.28. The number of nitrogens with one attached hydrogen (secondary N) is 1. The lowest BCUT2D eigenvalue weighted by Gasteiger charge is -2.41. The molecule has 1 aliphatic heterocycles. The van der Waals surface area contributed by atoms with Crippen LogP contribution in [-0.4, -0.2) is 83.4 Å². The Labute approximate surface area is 333 Å². The van der Waals surface area contributed by atoms with Gasteiger partial charge in [0.05, 0.1) is 20.8 Å². The summed E-state index contributed by atoms with van der Waals surface area (Å²) >= 11 is 0. The van der Waals surface area contributed by atoms with Gasteiger partial charge >= 0.3 is 0 Å². The molecule has 4 aromatic carbocycles. The van der Waals surface area contributed by atoms with Crippen LogP contribution < -0.4 is 14.8 Å². The molecule has 3 heterocycles. The summed E-state index contributed by atoms with van der Waals surface area (Å²) in [5, 5.41) is 23.6. The molecule has 4 atom stereocenters. The molecular formula is C43H48N6O7Si. The fourth-order valence-electron chi connectivity index (χ4n) is 6.80. The molecule has 0 spiro atoms. The van der Waals surface area contributed by atoms with Crippen LogP contribution in [0.15, 0.2) is 116 Å². The number of rotatable bonds is 13. The third-order valence-corrected chi connectivity index (χ3v) is 15.4. The lowest BCUT2D eigenvalue weighted by Crippen LogP contribution is -2.50. The van der Waals surface area contributed by atoms with Crippen LogP contribution in [-0.2, 0) is 19.5 Å². The maximum Gasteiger partial charge on any atom is 0.256 e. The van der Waals surface area contributed by atoms with Crippen molar-refractivity contribution in [2.75, 3.05) is 26.1 Å². The Morgan fingerprint density at radius 3 is 1.95 bits per heavy atom. The van der Waals surface area contributed by atoms with Crippen molar-refractivity contribution in [1.82, 2.24) is 25.0 Å². The molecule has 57 heavy (non-hydrogen) atoms. The van der Waals surface area contributed by atoms with Crippen LogP contribution >= 0.6 is 0 Å². The minimum atomic E-state index is -2.51. The molecular weight excluding hydrogens is 741 g/mol. The van der Waals surface area contributed by atoms with E-state index in [0.29, 0.717) is 17.1 Å². The number of fused-ring (bicyclic) bond motifs is 1. The molecule has 7 rings (SSSR count). The number of ether oxygens (including phenoxy) is 4. The third-order valence-electron chi connectivity index (χ3n) is 11.0. The summed E-state index contributed by atoms with van der Waals surface area (Å²) in [6.07, 6.45) is -2.57. The van der Waals surface area contributed by atoms with Gasteiger partial charge in [0.2, 0.25) is 0 Å². The van der Waals surface area contributed by atoms with Crippen molar-refractivity contribution in [3.05, 3.63) is 138 Å². The number of aliphatic hydroxyl groups is 1. The van der Waals surface area contributed by atoms with Gasteiger partial charge in [0, 0.05) is 5.56 Å². The predicted octanol–water partition coefficient (Wildman–Crippen LogP) is 7.15.